The van der Waals surface area contributed by atoms with E-state index in [-0.39, 0.29) is 0 Å². The molecule has 1 aliphatic rings. The standard InChI is InChI=1S/C10H16O2/c1-4-8-5-6-9(11-2)10(7-8)12-3/h5H,4,6-7H2,1-3H3. The summed E-state index contributed by atoms with van der Waals surface area (Å²) in [5.74, 6) is 1.95. The van der Waals surface area contributed by atoms with Crippen molar-refractivity contribution in [2.24, 2.45) is 0 Å². The molecule has 0 fully saturated rings. The van der Waals surface area contributed by atoms with E-state index in [1.165, 1.54) is 5.57 Å². The Balaban J connectivity index is 2.68. The monoisotopic (exact) mass is 168 g/mol. The Labute approximate surface area is 73.9 Å². The Morgan fingerprint density at radius 1 is 1.25 bits per heavy atom. The van der Waals surface area contributed by atoms with Gasteiger partial charge in [0.05, 0.1) is 14.2 Å². The van der Waals surface area contributed by atoms with Crippen LogP contribution in [0.15, 0.2) is 23.2 Å². The first-order valence-electron chi connectivity index (χ1n) is 4.29. The second kappa shape index (κ2) is 4.19. The SMILES string of the molecule is CCC1=CCC(OC)=C(OC)C1. The summed E-state index contributed by atoms with van der Waals surface area (Å²) in [4.78, 5) is 0. The molecule has 0 heterocycles. The van der Waals surface area contributed by atoms with Crippen LogP contribution in [0.1, 0.15) is 26.2 Å². The smallest absolute Gasteiger partial charge is 0.137 e. The van der Waals surface area contributed by atoms with Gasteiger partial charge in [0.15, 0.2) is 0 Å². The van der Waals surface area contributed by atoms with Crippen LogP contribution in [0.5, 0.6) is 0 Å². The van der Waals surface area contributed by atoms with Gasteiger partial charge in [0, 0.05) is 12.8 Å². The second-order valence-electron chi connectivity index (χ2n) is 2.85. The molecule has 0 aliphatic heterocycles. The van der Waals surface area contributed by atoms with Gasteiger partial charge in [0.2, 0.25) is 0 Å². The first kappa shape index (κ1) is 9.17. The fourth-order valence-corrected chi connectivity index (χ4v) is 1.38. The maximum atomic E-state index is 5.24. The highest BCUT2D eigenvalue weighted by Crippen LogP contribution is 2.26. The number of hydrogen-bond acceptors (Lipinski definition) is 2. The maximum Gasteiger partial charge on any atom is 0.137 e. The molecule has 1 rings (SSSR count). The van der Waals surface area contributed by atoms with Crippen LogP contribution < -0.4 is 0 Å². The van der Waals surface area contributed by atoms with Gasteiger partial charge in [-0.3, -0.25) is 0 Å². The molecule has 0 aromatic heterocycles. The lowest BCUT2D eigenvalue weighted by molar-refractivity contribution is 0.208. The van der Waals surface area contributed by atoms with E-state index in [9.17, 15) is 0 Å². The van der Waals surface area contributed by atoms with Gasteiger partial charge in [0.25, 0.3) is 0 Å². The second-order valence-corrected chi connectivity index (χ2v) is 2.85. The zero-order valence-corrected chi connectivity index (χ0v) is 8.02. The summed E-state index contributed by atoms with van der Waals surface area (Å²) in [5, 5.41) is 0. The summed E-state index contributed by atoms with van der Waals surface area (Å²) in [6, 6.07) is 0. The molecular formula is C10H16O2. The predicted molar refractivity (Wildman–Crippen MR) is 48.7 cm³/mol. The minimum absolute atomic E-state index is 0.878. The van der Waals surface area contributed by atoms with Crippen LogP contribution in [0, 0.1) is 0 Å². The molecule has 68 valence electrons. The molecule has 0 spiro atoms. The molecule has 0 saturated carbocycles. The van der Waals surface area contributed by atoms with Gasteiger partial charge in [-0.2, -0.15) is 0 Å². The normalized spacial score (nSPS) is 17.4. The molecule has 0 saturated heterocycles. The van der Waals surface area contributed by atoms with Crippen LogP contribution in [0.2, 0.25) is 0 Å². The van der Waals surface area contributed by atoms with E-state index in [2.05, 4.69) is 13.0 Å². The third-order valence-corrected chi connectivity index (χ3v) is 2.22. The Bertz CT molecular complexity index is 214. The van der Waals surface area contributed by atoms with E-state index in [4.69, 9.17) is 9.47 Å². The molecule has 0 atom stereocenters. The lowest BCUT2D eigenvalue weighted by Crippen LogP contribution is -2.03. The summed E-state index contributed by atoms with van der Waals surface area (Å²) in [6.45, 7) is 2.16. The van der Waals surface area contributed by atoms with Crippen LogP contribution in [-0.4, -0.2) is 14.2 Å². The minimum Gasteiger partial charge on any atom is -0.497 e. The van der Waals surface area contributed by atoms with Crippen molar-refractivity contribution in [1.29, 1.82) is 0 Å². The van der Waals surface area contributed by atoms with Gasteiger partial charge in [-0.05, 0) is 6.42 Å². The van der Waals surface area contributed by atoms with Crippen molar-refractivity contribution in [3.05, 3.63) is 23.2 Å². The summed E-state index contributed by atoms with van der Waals surface area (Å²) in [5.41, 5.74) is 1.44. The Morgan fingerprint density at radius 3 is 2.42 bits per heavy atom. The van der Waals surface area contributed by atoms with E-state index >= 15 is 0 Å². The number of rotatable bonds is 3. The molecule has 0 radical (unpaired) electrons. The van der Waals surface area contributed by atoms with Gasteiger partial charge < -0.3 is 9.47 Å². The molecule has 0 N–H and O–H groups in total. The molecule has 0 aromatic rings. The molecule has 1 aliphatic carbocycles. The van der Waals surface area contributed by atoms with Crippen molar-refractivity contribution in [2.75, 3.05) is 14.2 Å². The first-order chi connectivity index (χ1) is 5.81. The molecule has 2 nitrogen and oxygen atoms in total. The zero-order chi connectivity index (χ0) is 8.97. The predicted octanol–water partition coefficient (Wildman–Crippen LogP) is 2.62. The quantitative estimate of drug-likeness (QED) is 0.603. The fourth-order valence-electron chi connectivity index (χ4n) is 1.38. The zero-order valence-electron chi connectivity index (χ0n) is 8.02. The van der Waals surface area contributed by atoms with Gasteiger partial charge >= 0.3 is 0 Å². The van der Waals surface area contributed by atoms with Crippen LogP contribution in [-0.2, 0) is 9.47 Å². The van der Waals surface area contributed by atoms with Crippen LogP contribution in [0.4, 0.5) is 0 Å². The maximum absolute atomic E-state index is 5.24. The number of hydrogen-bond donors (Lipinski definition) is 0. The Hall–Kier alpha value is -0.920. The summed E-state index contributed by atoms with van der Waals surface area (Å²) < 4.78 is 10.4. The molecular weight excluding hydrogens is 152 g/mol. The van der Waals surface area contributed by atoms with E-state index in [0.29, 0.717) is 0 Å². The average Bonchev–Trinajstić information content (AvgIpc) is 2.16. The van der Waals surface area contributed by atoms with E-state index in [1.54, 1.807) is 14.2 Å². The van der Waals surface area contributed by atoms with Gasteiger partial charge in [-0.15, -0.1) is 0 Å². The molecule has 0 bridgehead atoms. The number of ether oxygens (including phenoxy) is 2. The highest BCUT2D eigenvalue weighted by atomic mass is 16.5. The summed E-state index contributed by atoms with van der Waals surface area (Å²) >= 11 is 0. The number of allylic oxidation sites excluding steroid dienone is 2. The van der Waals surface area contributed by atoms with Crippen molar-refractivity contribution in [1.82, 2.24) is 0 Å². The molecule has 12 heavy (non-hydrogen) atoms. The third kappa shape index (κ3) is 1.81. The van der Waals surface area contributed by atoms with Crippen molar-refractivity contribution < 1.29 is 9.47 Å². The lowest BCUT2D eigenvalue weighted by Gasteiger charge is -2.17. The molecule has 0 unspecified atom stereocenters. The topological polar surface area (TPSA) is 18.5 Å². The van der Waals surface area contributed by atoms with Crippen molar-refractivity contribution >= 4 is 0 Å². The van der Waals surface area contributed by atoms with Crippen LogP contribution in [0.25, 0.3) is 0 Å². The van der Waals surface area contributed by atoms with E-state index in [1.807, 2.05) is 0 Å². The van der Waals surface area contributed by atoms with Crippen LogP contribution in [0.3, 0.4) is 0 Å². The molecule has 0 aromatic carbocycles. The summed E-state index contributed by atoms with van der Waals surface area (Å²) in [7, 11) is 3.39. The third-order valence-electron chi connectivity index (χ3n) is 2.22. The van der Waals surface area contributed by atoms with Gasteiger partial charge in [-0.1, -0.05) is 18.6 Å². The van der Waals surface area contributed by atoms with E-state index < -0.39 is 0 Å². The van der Waals surface area contributed by atoms with Crippen LogP contribution >= 0.6 is 0 Å². The van der Waals surface area contributed by atoms with Crippen molar-refractivity contribution in [3.8, 4) is 0 Å². The summed E-state index contributed by atoms with van der Waals surface area (Å²) in [6.07, 6.45) is 5.12. The largest absolute Gasteiger partial charge is 0.497 e. The average molecular weight is 168 g/mol. The highest BCUT2D eigenvalue weighted by Gasteiger charge is 2.13. The lowest BCUT2D eigenvalue weighted by atomic mass is 10.0. The Morgan fingerprint density at radius 2 is 1.92 bits per heavy atom. The number of methoxy groups -OCH3 is 2. The van der Waals surface area contributed by atoms with Gasteiger partial charge in [0.1, 0.15) is 11.5 Å². The fraction of sp³-hybridized carbons (Fsp3) is 0.600. The van der Waals surface area contributed by atoms with E-state index in [0.717, 1.165) is 30.8 Å². The molecule has 2 heteroatoms. The molecule has 0 amide bonds. The van der Waals surface area contributed by atoms with Crippen molar-refractivity contribution in [2.45, 2.75) is 26.2 Å². The van der Waals surface area contributed by atoms with Gasteiger partial charge in [-0.25, -0.2) is 0 Å². The van der Waals surface area contributed by atoms with Crippen molar-refractivity contribution in [3.63, 3.8) is 0 Å². The Kier molecular flexibility index (Phi) is 3.20. The first-order valence-corrected chi connectivity index (χ1v) is 4.29. The highest BCUT2D eigenvalue weighted by molar-refractivity contribution is 5.22. The minimum atomic E-state index is 0.878.